The topological polar surface area (TPSA) is 9.23 Å². The van der Waals surface area contributed by atoms with E-state index in [9.17, 15) is 4.39 Å². The van der Waals surface area contributed by atoms with Gasteiger partial charge in [0, 0.05) is 0 Å². The summed E-state index contributed by atoms with van der Waals surface area (Å²) >= 11 is 3.32. The van der Waals surface area contributed by atoms with Gasteiger partial charge in [0.05, 0.1) is 4.47 Å². The van der Waals surface area contributed by atoms with Gasteiger partial charge in [0.1, 0.15) is 11.6 Å². The Balaban J connectivity index is 2.97. The normalized spacial score (nSPS) is 12.7. The third kappa shape index (κ3) is 3.07. The first kappa shape index (κ1) is 13.7. The fourth-order valence-corrected chi connectivity index (χ4v) is 2.60. The molecule has 1 aromatic carbocycles. The lowest BCUT2D eigenvalue weighted by Crippen LogP contribution is -2.43. The lowest BCUT2D eigenvalue weighted by molar-refractivity contribution is 0.488. The smallest absolute Gasteiger partial charge is 0.250 e. The molecule has 0 radical (unpaired) electrons. The molecule has 1 aromatic rings. The number of rotatable bonds is 2. The zero-order chi connectivity index (χ0) is 12.6. The number of hydrogen-bond acceptors (Lipinski definition) is 1. The van der Waals surface area contributed by atoms with E-state index in [0.29, 0.717) is 4.47 Å². The first-order valence-corrected chi connectivity index (χ1v) is 8.98. The molecule has 0 heterocycles. The number of hydrogen-bond donors (Lipinski definition) is 0. The fraction of sp³-hybridized carbons (Fsp3) is 0.500. The fourth-order valence-electron chi connectivity index (χ4n) is 0.986. The summed E-state index contributed by atoms with van der Waals surface area (Å²) in [6.07, 6.45) is 0. The summed E-state index contributed by atoms with van der Waals surface area (Å²) in [5.74, 6) is 0.474. The van der Waals surface area contributed by atoms with Crippen molar-refractivity contribution in [1.29, 1.82) is 0 Å². The van der Waals surface area contributed by atoms with Crippen molar-refractivity contribution in [3.8, 4) is 5.75 Å². The summed E-state index contributed by atoms with van der Waals surface area (Å²) in [5, 5.41) is 0.140. The second-order valence-electron chi connectivity index (χ2n) is 5.44. The average molecular weight is 305 g/mol. The number of halogens is 2. The number of benzene rings is 1. The molecule has 4 heteroatoms. The Morgan fingerprint density at radius 1 is 1.25 bits per heavy atom. The first-order valence-electron chi connectivity index (χ1n) is 5.27. The van der Waals surface area contributed by atoms with E-state index in [0.717, 1.165) is 5.75 Å². The molecule has 0 saturated heterocycles. The van der Waals surface area contributed by atoms with Gasteiger partial charge in [-0.2, -0.15) is 0 Å². The molecule has 0 bridgehead atoms. The lowest BCUT2D eigenvalue weighted by atomic mass is 10.2. The Kier molecular flexibility index (Phi) is 3.85. The molecular weight excluding hydrogens is 287 g/mol. The Labute approximate surface area is 106 Å². The summed E-state index contributed by atoms with van der Waals surface area (Å²) in [5.41, 5.74) is 0. The van der Waals surface area contributed by atoms with Crippen LogP contribution in [0.5, 0.6) is 5.75 Å². The van der Waals surface area contributed by atoms with E-state index in [-0.39, 0.29) is 10.9 Å². The van der Waals surface area contributed by atoms with Crippen molar-refractivity contribution in [3.05, 3.63) is 28.5 Å². The molecule has 16 heavy (non-hydrogen) atoms. The molecule has 0 atom stereocenters. The van der Waals surface area contributed by atoms with Crippen molar-refractivity contribution >= 4 is 24.2 Å². The largest absolute Gasteiger partial charge is 0.543 e. The molecule has 0 aliphatic heterocycles. The summed E-state index contributed by atoms with van der Waals surface area (Å²) < 4.78 is 19.7. The van der Waals surface area contributed by atoms with Crippen molar-refractivity contribution in [1.82, 2.24) is 0 Å². The van der Waals surface area contributed by atoms with Crippen LogP contribution in [-0.2, 0) is 0 Å². The second-order valence-corrected chi connectivity index (χ2v) is 11.0. The second kappa shape index (κ2) is 4.49. The predicted octanol–water partition coefficient (Wildman–Crippen LogP) is 4.97. The highest BCUT2D eigenvalue weighted by molar-refractivity contribution is 9.10. The average Bonchev–Trinajstić information content (AvgIpc) is 2.08. The molecule has 0 spiro atoms. The maximum Gasteiger partial charge on any atom is 0.250 e. The summed E-state index contributed by atoms with van der Waals surface area (Å²) in [4.78, 5) is 0. The van der Waals surface area contributed by atoms with E-state index in [2.05, 4.69) is 49.8 Å². The van der Waals surface area contributed by atoms with Gasteiger partial charge in [-0.15, -0.1) is 0 Å². The van der Waals surface area contributed by atoms with Gasteiger partial charge in [-0.05, 0) is 52.3 Å². The van der Waals surface area contributed by atoms with E-state index in [1.54, 1.807) is 6.07 Å². The van der Waals surface area contributed by atoms with E-state index in [4.69, 9.17) is 4.43 Å². The summed E-state index contributed by atoms with van der Waals surface area (Å²) in [6, 6.07) is 4.54. The highest BCUT2D eigenvalue weighted by atomic mass is 79.9. The van der Waals surface area contributed by atoms with Crippen molar-refractivity contribution in [2.75, 3.05) is 0 Å². The van der Waals surface area contributed by atoms with Crippen molar-refractivity contribution < 1.29 is 8.82 Å². The zero-order valence-electron chi connectivity index (χ0n) is 10.4. The van der Waals surface area contributed by atoms with E-state index >= 15 is 0 Å². The molecule has 0 saturated carbocycles. The van der Waals surface area contributed by atoms with Crippen LogP contribution in [0.3, 0.4) is 0 Å². The summed E-state index contributed by atoms with van der Waals surface area (Å²) in [7, 11) is -1.85. The van der Waals surface area contributed by atoms with Crippen molar-refractivity contribution in [2.45, 2.75) is 38.9 Å². The van der Waals surface area contributed by atoms with Crippen LogP contribution in [0.4, 0.5) is 4.39 Å². The van der Waals surface area contributed by atoms with Crippen LogP contribution in [0.25, 0.3) is 0 Å². The molecule has 0 aliphatic rings. The first-order chi connectivity index (χ1) is 7.13. The minimum atomic E-state index is -1.85. The molecule has 90 valence electrons. The van der Waals surface area contributed by atoms with Crippen LogP contribution in [0.15, 0.2) is 22.7 Å². The molecule has 0 N–H and O–H groups in total. The van der Waals surface area contributed by atoms with E-state index in [1.807, 2.05) is 0 Å². The van der Waals surface area contributed by atoms with Gasteiger partial charge in [0.2, 0.25) is 0 Å². The minimum absolute atomic E-state index is 0.140. The van der Waals surface area contributed by atoms with Gasteiger partial charge in [-0.25, -0.2) is 4.39 Å². The monoisotopic (exact) mass is 304 g/mol. The maximum absolute atomic E-state index is 12.9. The Morgan fingerprint density at radius 2 is 1.81 bits per heavy atom. The van der Waals surface area contributed by atoms with Crippen LogP contribution >= 0.6 is 15.9 Å². The minimum Gasteiger partial charge on any atom is -0.543 e. The quantitative estimate of drug-likeness (QED) is 0.701. The molecular formula is C12H18BrFOSi. The summed E-state index contributed by atoms with van der Waals surface area (Å²) in [6.45, 7) is 10.9. The van der Waals surface area contributed by atoms with Crippen molar-refractivity contribution in [3.63, 3.8) is 0 Å². The molecule has 0 aromatic heterocycles. The highest BCUT2D eigenvalue weighted by Crippen LogP contribution is 2.39. The molecule has 1 nitrogen and oxygen atoms in total. The molecule has 0 aliphatic carbocycles. The lowest BCUT2D eigenvalue weighted by Gasteiger charge is -2.36. The van der Waals surface area contributed by atoms with Gasteiger partial charge in [0.15, 0.2) is 0 Å². The molecule has 0 unspecified atom stereocenters. The van der Waals surface area contributed by atoms with Gasteiger partial charge in [-0.3, -0.25) is 0 Å². The standard InChI is InChI=1S/C12H18BrFOSi/c1-12(2,3)16(4,5)15-11-7-6-9(14)8-10(11)13/h6-8H,1-5H3. The molecule has 1 rings (SSSR count). The Hall–Kier alpha value is -0.353. The molecule has 0 fully saturated rings. The highest BCUT2D eigenvalue weighted by Gasteiger charge is 2.39. The van der Waals surface area contributed by atoms with Crippen LogP contribution in [-0.4, -0.2) is 8.32 Å². The van der Waals surface area contributed by atoms with Crippen LogP contribution in [0, 0.1) is 5.82 Å². The maximum atomic E-state index is 12.9. The van der Waals surface area contributed by atoms with Crippen LogP contribution in [0.1, 0.15) is 20.8 Å². The van der Waals surface area contributed by atoms with Gasteiger partial charge >= 0.3 is 0 Å². The Bertz CT molecular complexity index is 385. The van der Waals surface area contributed by atoms with Gasteiger partial charge < -0.3 is 4.43 Å². The van der Waals surface area contributed by atoms with Crippen LogP contribution < -0.4 is 4.43 Å². The van der Waals surface area contributed by atoms with Gasteiger partial charge in [-0.1, -0.05) is 20.8 Å². The van der Waals surface area contributed by atoms with Gasteiger partial charge in [0.25, 0.3) is 8.32 Å². The predicted molar refractivity (Wildman–Crippen MR) is 71.9 cm³/mol. The third-order valence-electron chi connectivity index (χ3n) is 3.07. The molecule has 0 amide bonds. The third-order valence-corrected chi connectivity index (χ3v) is 8.03. The Morgan fingerprint density at radius 3 is 2.25 bits per heavy atom. The van der Waals surface area contributed by atoms with Crippen molar-refractivity contribution in [2.24, 2.45) is 0 Å². The van der Waals surface area contributed by atoms with E-state index < -0.39 is 8.32 Å². The SMILES string of the molecule is CC(C)(C)[Si](C)(C)Oc1ccc(F)cc1Br. The zero-order valence-corrected chi connectivity index (χ0v) is 13.0. The van der Waals surface area contributed by atoms with Crippen LogP contribution in [0.2, 0.25) is 18.1 Å². The van der Waals surface area contributed by atoms with E-state index in [1.165, 1.54) is 12.1 Å².